The van der Waals surface area contributed by atoms with E-state index >= 15 is 0 Å². The first-order valence-corrected chi connectivity index (χ1v) is 14.4. The average molecular weight is 677 g/mol. The Labute approximate surface area is 271 Å². The number of nitrogens with two attached hydrogens (primary N) is 1. The van der Waals surface area contributed by atoms with E-state index in [1.807, 2.05) is 38.1 Å². The monoisotopic (exact) mass is 677 g/mol. The van der Waals surface area contributed by atoms with Crippen LogP contribution in [0.3, 0.4) is 0 Å². The van der Waals surface area contributed by atoms with Crippen LogP contribution in [0.25, 0.3) is 11.1 Å². The number of phenolic OH excluding ortho intramolecular Hbond substituents is 1. The van der Waals surface area contributed by atoms with Crippen molar-refractivity contribution in [2.75, 3.05) is 19.7 Å². The van der Waals surface area contributed by atoms with Gasteiger partial charge in [-0.2, -0.15) is 0 Å². The Morgan fingerprint density at radius 2 is 1.33 bits per heavy atom. The summed E-state index contributed by atoms with van der Waals surface area (Å²) < 4.78 is 5.59. The minimum absolute atomic E-state index is 0. The van der Waals surface area contributed by atoms with Crippen molar-refractivity contribution in [2.24, 2.45) is 5.73 Å². The molecule has 2 aliphatic rings. The first-order chi connectivity index (χ1) is 19.5. The number of rotatable bonds is 7. The summed E-state index contributed by atoms with van der Waals surface area (Å²) in [4.78, 5) is 25.1. The molecular weight excluding hydrogens is 627 g/mol. The van der Waals surface area contributed by atoms with Crippen LogP contribution < -0.4 is 16.4 Å². The third-order valence-electron chi connectivity index (χ3n) is 6.93. The molecule has 1 atom stereocenters. The summed E-state index contributed by atoms with van der Waals surface area (Å²) >= 11 is 0. The van der Waals surface area contributed by atoms with Gasteiger partial charge in [-0.25, -0.2) is 4.79 Å². The molecule has 1 radical (unpaired) electrons. The molecule has 1 unspecified atom stereocenters. The number of carbonyl (C=O) groups is 2. The molecule has 3 aromatic carbocycles. The summed E-state index contributed by atoms with van der Waals surface area (Å²) in [6, 6.07) is 22.0. The van der Waals surface area contributed by atoms with Gasteiger partial charge >= 0.3 is 25.6 Å². The van der Waals surface area contributed by atoms with Crippen molar-refractivity contribution >= 4 is 12.0 Å². The molecule has 5 rings (SSSR count). The molecule has 0 heterocycles. The van der Waals surface area contributed by atoms with Crippen LogP contribution in [0.5, 0.6) is 5.75 Å². The number of hydrogen-bond donors (Lipinski definition) is 4. The maximum Gasteiger partial charge on any atom is 3.00 e. The molecule has 43 heavy (non-hydrogen) atoms. The topological polar surface area (TPSA) is 114 Å². The molecule has 5 N–H and O–H groups in total. The maximum atomic E-state index is 12.6. The summed E-state index contributed by atoms with van der Waals surface area (Å²) in [5, 5.41) is 14.9. The SMILES string of the molecule is C1CCCC1.CCN.CCNC(=O)C(Cc1ccc(O)cc1)NC(=O)OCC1c2ccccc2-c2ccccc21.[CH3-].[CH3-].[Ru+3]. The Kier molecular flexibility index (Phi) is 19.9. The summed E-state index contributed by atoms with van der Waals surface area (Å²) in [7, 11) is 0. The van der Waals surface area contributed by atoms with Crippen molar-refractivity contribution in [3.63, 3.8) is 0 Å². The first kappa shape index (κ1) is 39.8. The quantitative estimate of drug-likeness (QED) is 0.163. The second-order valence-electron chi connectivity index (χ2n) is 9.96. The number of alkyl carbamates (subject to hydrolysis) is 1. The number of likely N-dealkylation sites (N-methyl/N-ethyl adjacent to an activating group) is 1. The second-order valence-corrected chi connectivity index (χ2v) is 9.96. The van der Waals surface area contributed by atoms with Crippen LogP contribution in [0.15, 0.2) is 72.8 Å². The van der Waals surface area contributed by atoms with Crippen molar-refractivity contribution < 1.29 is 38.9 Å². The van der Waals surface area contributed by atoms with Crippen LogP contribution in [0.2, 0.25) is 0 Å². The number of hydrogen-bond acceptors (Lipinski definition) is 5. The second kappa shape index (κ2) is 21.5. The predicted molar refractivity (Wildman–Crippen MR) is 173 cm³/mol. The van der Waals surface area contributed by atoms with Gasteiger partial charge in [0.05, 0.1) is 0 Å². The van der Waals surface area contributed by atoms with Crippen molar-refractivity contribution in [1.29, 1.82) is 0 Å². The van der Waals surface area contributed by atoms with Crippen molar-refractivity contribution in [3.05, 3.63) is 104 Å². The average Bonchev–Trinajstić information content (AvgIpc) is 3.64. The Morgan fingerprint density at radius 3 is 1.79 bits per heavy atom. The van der Waals surface area contributed by atoms with Gasteiger partial charge in [0, 0.05) is 18.9 Å². The Bertz CT molecular complexity index is 1160. The summed E-state index contributed by atoms with van der Waals surface area (Å²) in [6.45, 7) is 5.11. The van der Waals surface area contributed by atoms with E-state index in [2.05, 4.69) is 34.9 Å². The fourth-order valence-electron chi connectivity index (χ4n) is 5.04. The summed E-state index contributed by atoms with van der Waals surface area (Å²) in [5.41, 5.74) is 10.2. The number of carbonyl (C=O) groups excluding carboxylic acids is 2. The van der Waals surface area contributed by atoms with Gasteiger partial charge in [-0.05, 0) is 53.4 Å². The standard InChI is InChI=1S/C26H26N2O4.C5H10.C2H7N.2CH3.Ru/c1-2-27-25(30)24(15-17-11-13-18(29)14-12-17)28-26(31)32-16-23-21-9-5-3-7-19(21)20-8-4-6-10-22(20)23;1-2-4-5-3-1;1-2-3;;;/h3-14,23-24,29H,2,15-16H2,1H3,(H,27,30)(H,28,31);1-5H2;2-3H2,1H3;2*1H3;/q;;;2*-1;+3. The summed E-state index contributed by atoms with van der Waals surface area (Å²) in [5.74, 6) is -0.185. The Hall–Kier alpha value is -3.22. The maximum absolute atomic E-state index is 12.6. The fraction of sp³-hybridized carbons (Fsp3) is 0.371. The van der Waals surface area contributed by atoms with Crippen LogP contribution in [0.4, 0.5) is 4.79 Å². The van der Waals surface area contributed by atoms with Gasteiger partial charge in [0.2, 0.25) is 5.91 Å². The van der Waals surface area contributed by atoms with Gasteiger partial charge < -0.3 is 41.1 Å². The van der Waals surface area contributed by atoms with E-state index in [1.54, 1.807) is 24.3 Å². The molecule has 235 valence electrons. The molecule has 1 fully saturated rings. The van der Waals surface area contributed by atoms with Crippen molar-refractivity contribution in [2.45, 2.75) is 64.3 Å². The zero-order valence-electron chi connectivity index (χ0n) is 26.0. The molecule has 0 spiro atoms. The predicted octanol–water partition coefficient (Wildman–Crippen LogP) is 6.79. The van der Waals surface area contributed by atoms with Crippen LogP contribution in [0, 0.1) is 14.9 Å². The normalized spacial score (nSPS) is 12.9. The summed E-state index contributed by atoms with van der Waals surface area (Å²) in [6.07, 6.45) is 7.15. The van der Waals surface area contributed by atoms with E-state index in [9.17, 15) is 14.7 Å². The molecule has 0 aromatic heterocycles. The minimum atomic E-state index is -0.782. The third-order valence-corrected chi connectivity index (χ3v) is 6.93. The van der Waals surface area contributed by atoms with E-state index in [0.717, 1.165) is 34.4 Å². The number of fused-ring (bicyclic) bond motifs is 3. The number of ether oxygens (including phenoxy) is 1. The van der Waals surface area contributed by atoms with Crippen LogP contribution in [-0.2, 0) is 35.4 Å². The smallest absolute Gasteiger partial charge is 0.508 e. The number of nitrogens with one attached hydrogen (secondary N) is 2. The van der Waals surface area contributed by atoms with Crippen LogP contribution in [-0.4, -0.2) is 42.8 Å². The number of amides is 2. The van der Waals surface area contributed by atoms with Crippen LogP contribution >= 0.6 is 0 Å². The van der Waals surface area contributed by atoms with Gasteiger partial charge in [0.1, 0.15) is 18.4 Å². The Morgan fingerprint density at radius 1 is 0.860 bits per heavy atom. The molecular formula is C35H49N3O4Ru+. The largest absolute Gasteiger partial charge is 3.00 e. The molecule has 0 saturated heterocycles. The van der Waals surface area contributed by atoms with E-state index < -0.39 is 12.1 Å². The zero-order valence-corrected chi connectivity index (χ0v) is 27.8. The minimum Gasteiger partial charge on any atom is -0.508 e. The molecule has 7 nitrogen and oxygen atoms in total. The van der Waals surface area contributed by atoms with Gasteiger partial charge in [-0.1, -0.05) is 99.7 Å². The molecule has 0 bridgehead atoms. The van der Waals surface area contributed by atoms with Gasteiger partial charge in [-0.15, -0.1) is 0 Å². The number of benzene rings is 3. The van der Waals surface area contributed by atoms with Gasteiger partial charge in [0.15, 0.2) is 0 Å². The molecule has 3 aromatic rings. The molecule has 0 aliphatic heterocycles. The van der Waals surface area contributed by atoms with Gasteiger partial charge in [0.25, 0.3) is 0 Å². The molecule has 2 aliphatic carbocycles. The van der Waals surface area contributed by atoms with E-state index in [4.69, 9.17) is 10.5 Å². The van der Waals surface area contributed by atoms with E-state index in [-0.39, 0.29) is 64.9 Å². The van der Waals surface area contributed by atoms with Crippen molar-refractivity contribution in [3.8, 4) is 16.9 Å². The third kappa shape index (κ3) is 12.1. The molecule has 8 heteroatoms. The van der Waals surface area contributed by atoms with E-state index in [0.29, 0.717) is 6.54 Å². The first-order valence-electron chi connectivity index (χ1n) is 14.4. The van der Waals surface area contributed by atoms with Crippen molar-refractivity contribution in [1.82, 2.24) is 10.6 Å². The number of aromatic hydroxyl groups is 1. The molecule has 2 amide bonds. The van der Waals surface area contributed by atoms with Crippen LogP contribution in [0.1, 0.15) is 68.6 Å². The molecule has 1 saturated carbocycles. The Balaban J connectivity index is 0.00000141. The zero-order chi connectivity index (χ0) is 28.7. The fourth-order valence-corrected chi connectivity index (χ4v) is 5.04. The number of phenols is 1. The van der Waals surface area contributed by atoms with E-state index in [1.165, 1.54) is 32.1 Å². The van der Waals surface area contributed by atoms with Gasteiger partial charge in [-0.3, -0.25) is 4.79 Å².